The molecule has 2 nitrogen and oxygen atoms in total. The van der Waals surface area contributed by atoms with Gasteiger partial charge in [0.2, 0.25) is 0 Å². The van der Waals surface area contributed by atoms with Crippen molar-refractivity contribution in [2.45, 2.75) is 6.92 Å². The Morgan fingerprint density at radius 2 is 1.72 bits per heavy atom. The normalized spacial score (nSPS) is 10.6. The number of allylic oxidation sites excluding steroid dienone is 1. The van der Waals surface area contributed by atoms with E-state index < -0.39 is 0 Å². The zero-order valence-electron chi connectivity index (χ0n) is 10.6. The lowest BCUT2D eigenvalue weighted by atomic mass is 10.2. The first-order valence-electron chi connectivity index (χ1n) is 5.87. The molecule has 0 aliphatic heterocycles. The fourth-order valence-corrected chi connectivity index (χ4v) is 1.68. The molecule has 0 amide bonds. The van der Waals surface area contributed by atoms with Gasteiger partial charge in [0.1, 0.15) is 5.75 Å². The third-order valence-corrected chi connectivity index (χ3v) is 2.52. The van der Waals surface area contributed by atoms with Crippen LogP contribution in [0, 0.1) is 0 Å². The van der Waals surface area contributed by atoms with Crippen LogP contribution in [0.15, 0.2) is 54.6 Å². The van der Waals surface area contributed by atoms with Gasteiger partial charge in [-0.15, -0.1) is 0 Å². The lowest BCUT2D eigenvalue weighted by molar-refractivity contribution is 0.379. The van der Waals surface area contributed by atoms with Crippen molar-refractivity contribution < 1.29 is 9.47 Å². The third-order valence-electron chi connectivity index (χ3n) is 2.52. The number of methoxy groups -OCH3 is 1. The van der Waals surface area contributed by atoms with Crippen molar-refractivity contribution in [3.63, 3.8) is 0 Å². The minimum absolute atomic E-state index is 0.719. The molecule has 18 heavy (non-hydrogen) atoms. The second-order valence-corrected chi connectivity index (χ2v) is 3.83. The van der Waals surface area contributed by atoms with Gasteiger partial charge in [-0.25, -0.2) is 0 Å². The van der Waals surface area contributed by atoms with E-state index in [0.29, 0.717) is 0 Å². The molecule has 0 radical (unpaired) electrons. The first-order chi connectivity index (χ1) is 8.83. The Kier molecular flexibility index (Phi) is 4.02. The topological polar surface area (TPSA) is 18.5 Å². The maximum Gasteiger partial charge on any atom is 0.169 e. The zero-order valence-corrected chi connectivity index (χ0v) is 10.6. The van der Waals surface area contributed by atoms with Crippen molar-refractivity contribution in [2.75, 3.05) is 7.11 Å². The predicted octanol–water partition coefficient (Wildman–Crippen LogP) is 4.52. The first kappa shape index (κ1) is 12.2. The SMILES string of the molecule is C/C=C\c1ccc(Oc2ccccc2)c(OC)c1. The maximum atomic E-state index is 5.78. The van der Waals surface area contributed by atoms with Gasteiger partial charge in [-0.3, -0.25) is 0 Å². The van der Waals surface area contributed by atoms with Crippen molar-refractivity contribution >= 4 is 6.08 Å². The summed E-state index contributed by atoms with van der Waals surface area (Å²) in [6.07, 6.45) is 4.02. The van der Waals surface area contributed by atoms with Crippen molar-refractivity contribution in [1.29, 1.82) is 0 Å². The van der Waals surface area contributed by atoms with Crippen molar-refractivity contribution in [3.05, 3.63) is 60.2 Å². The highest BCUT2D eigenvalue weighted by atomic mass is 16.5. The van der Waals surface area contributed by atoms with E-state index in [1.807, 2.05) is 67.6 Å². The summed E-state index contributed by atoms with van der Waals surface area (Å²) in [7, 11) is 1.65. The second kappa shape index (κ2) is 5.92. The zero-order chi connectivity index (χ0) is 12.8. The van der Waals surface area contributed by atoms with Gasteiger partial charge < -0.3 is 9.47 Å². The molecule has 0 saturated carbocycles. The maximum absolute atomic E-state index is 5.78. The Hall–Kier alpha value is -2.22. The summed E-state index contributed by atoms with van der Waals surface area (Å²) >= 11 is 0. The quantitative estimate of drug-likeness (QED) is 0.782. The van der Waals surface area contributed by atoms with Crippen LogP contribution in [0.1, 0.15) is 12.5 Å². The monoisotopic (exact) mass is 240 g/mol. The fourth-order valence-electron chi connectivity index (χ4n) is 1.68. The summed E-state index contributed by atoms with van der Waals surface area (Å²) in [5.74, 6) is 2.25. The van der Waals surface area contributed by atoms with Crippen LogP contribution in [0.2, 0.25) is 0 Å². The molecule has 2 aromatic rings. The van der Waals surface area contributed by atoms with Crippen LogP contribution in [-0.2, 0) is 0 Å². The molecule has 0 unspecified atom stereocenters. The number of hydrogen-bond acceptors (Lipinski definition) is 2. The van der Waals surface area contributed by atoms with Crippen LogP contribution in [-0.4, -0.2) is 7.11 Å². The minimum Gasteiger partial charge on any atom is -0.493 e. The molecule has 2 aromatic carbocycles. The Morgan fingerprint density at radius 3 is 2.39 bits per heavy atom. The van der Waals surface area contributed by atoms with Crippen LogP contribution in [0.25, 0.3) is 6.08 Å². The summed E-state index contributed by atoms with van der Waals surface area (Å²) < 4.78 is 11.1. The summed E-state index contributed by atoms with van der Waals surface area (Å²) in [6.45, 7) is 1.99. The smallest absolute Gasteiger partial charge is 0.169 e. The van der Waals surface area contributed by atoms with Gasteiger partial charge in [-0.2, -0.15) is 0 Å². The second-order valence-electron chi connectivity index (χ2n) is 3.83. The third kappa shape index (κ3) is 2.92. The molecular weight excluding hydrogens is 224 g/mol. The van der Waals surface area contributed by atoms with E-state index in [9.17, 15) is 0 Å². The van der Waals surface area contributed by atoms with Crippen LogP contribution in [0.3, 0.4) is 0 Å². The lowest BCUT2D eigenvalue weighted by Crippen LogP contribution is -1.90. The highest BCUT2D eigenvalue weighted by Gasteiger charge is 2.05. The highest BCUT2D eigenvalue weighted by Crippen LogP contribution is 2.32. The largest absolute Gasteiger partial charge is 0.493 e. The summed E-state index contributed by atoms with van der Waals surface area (Å²) in [4.78, 5) is 0. The van der Waals surface area contributed by atoms with E-state index in [-0.39, 0.29) is 0 Å². The minimum atomic E-state index is 0.719. The van der Waals surface area contributed by atoms with E-state index in [0.717, 1.165) is 22.8 Å². The number of hydrogen-bond donors (Lipinski definition) is 0. The number of rotatable bonds is 4. The molecule has 0 heterocycles. The van der Waals surface area contributed by atoms with E-state index in [1.165, 1.54) is 0 Å². The summed E-state index contributed by atoms with van der Waals surface area (Å²) in [5, 5.41) is 0. The molecule has 0 fully saturated rings. The molecule has 2 rings (SSSR count). The molecule has 0 N–H and O–H groups in total. The van der Waals surface area contributed by atoms with Crippen molar-refractivity contribution in [1.82, 2.24) is 0 Å². The molecule has 0 saturated heterocycles. The van der Waals surface area contributed by atoms with E-state index in [4.69, 9.17) is 9.47 Å². The molecule has 0 aliphatic rings. The van der Waals surface area contributed by atoms with E-state index in [1.54, 1.807) is 7.11 Å². The van der Waals surface area contributed by atoms with Crippen molar-refractivity contribution in [2.24, 2.45) is 0 Å². The molecule has 0 atom stereocenters. The van der Waals surface area contributed by atoms with Crippen LogP contribution < -0.4 is 9.47 Å². The average Bonchev–Trinajstić information content (AvgIpc) is 2.42. The number of para-hydroxylation sites is 1. The summed E-state index contributed by atoms with van der Waals surface area (Å²) in [5.41, 5.74) is 1.09. The lowest BCUT2D eigenvalue weighted by Gasteiger charge is -2.10. The highest BCUT2D eigenvalue weighted by molar-refractivity contribution is 5.56. The van der Waals surface area contributed by atoms with Crippen LogP contribution in [0.4, 0.5) is 0 Å². The van der Waals surface area contributed by atoms with Gasteiger partial charge in [-0.05, 0) is 36.8 Å². The van der Waals surface area contributed by atoms with E-state index >= 15 is 0 Å². The molecular formula is C16H16O2. The molecule has 0 bridgehead atoms. The van der Waals surface area contributed by atoms with Crippen LogP contribution in [0.5, 0.6) is 17.2 Å². The first-order valence-corrected chi connectivity index (χ1v) is 5.87. The molecule has 92 valence electrons. The Bertz CT molecular complexity index is 530. The molecule has 0 aliphatic carbocycles. The fraction of sp³-hybridized carbons (Fsp3) is 0.125. The standard InChI is InChI=1S/C16H16O2/c1-3-7-13-10-11-15(16(12-13)17-2)18-14-8-5-4-6-9-14/h3-12H,1-2H3/b7-3-. The number of ether oxygens (including phenoxy) is 2. The van der Waals surface area contributed by atoms with Gasteiger partial charge >= 0.3 is 0 Å². The van der Waals surface area contributed by atoms with Gasteiger partial charge in [-0.1, -0.05) is 36.4 Å². The van der Waals surface area contributed by atoms with Crippen LogP contribution >= 0.6 is 0 Å². The van der Waals surface area contributed by atoms with E-state index in [2.05, 4.69) is 0 Å². The Labute approximate surface area is 107 Å². The molecule has 2 heteroatoms. The Morgan fingerprint density at radius 1 is 0.944 bits per heavy atom. The average molecular weight is 240 g/mol. The molecule has 0 aromatic heterocycles. The molecule has 0 spiro atoms. The summed E-state index contributed by atoms with van der Waals surface area (Å²) in [6, 6.07) is 15.5. The van der Waals surface area contributed by atoms with Crippen molar-refractivity contribution in [3.8, 4) is 17.2 Å². The Balaban J connectivity index is 2.28. The number of benzene rings is 2. The van der Waals surface area contributed by atoms with Gasteiger partial charge in [0, 0.05) is 0 Å². The van der Waals surface area contributed by atoms with Gasteiger partial charge in [0.15, 0.2) is 11.5 Å². The van der Waals surface area contributed by atoms with Gasteiger partial charge in [0.05, 0.1) is 7.11 Å². The van der Waals surface area contributed by atoms with Gasteiger partial charge in [0.25, 0.3) is 0 Å². The predicted molar refractivity (Wildman–Crippen MR) is 74.2 cm³/mol.